The van der Waals surface area contributed by atoms with E-state index < -0.39 is 0 Å². The monoisotopic (exact) mass is 771 g/mol. The molecule has 0 spiro atoms. The van der Waals surface area contributed by atoms with Gasteiger partial charge in [-0.15, -0.1) is 0 Å². The molecule has 0 saturated carbocycles. The van der Waals surface area contributed by atoms with Gasteiger partial charge in [0.15, 0.2) is 0 Å². The Labute approximate surface area is 352 Å². The van der Waals surface area contributed by atoms with Crippen LogP contribution in [-0.2, 0) is 5.41 Å². The molecule has 1 atom stereocenters. The third-order valence-electron chi connectivity index (χ3n) is 12.8. The molecule has 3 nitrogen and oxygen atoms in total. The van der Waals surface area contributed by atoms with Crippen LogP contribution in [0.5, 0.6) is 0 Å². The first-order valence-corrected chi connectivity index (χ1v) is 21.1. The van der Waals surface area contributed by atoms with Crippen molar-refractivity contribution in [2.75, 3.05) is 0 Å². The molecule has 0 radical (unpaired) electrons. The molecule has 1 N–H and O–H groups in total. The first-order valence-electron chi connectivity index (χ1n) is 21.1. The van der Waals surface area contributed by atoms with Crippen LogP contribution in [0.15, 0.2) is 205 Å². The standard InChI is InChI=1S/C57H45N3/c1-57(2)49-27-13-12-25-46(49)47-36-40(31-33-50(47)57)41-32-34-53-48(37-41)55-45(26-15-30-54(55)60(53)44-23-10-5-11-24-44)42-21-14-22-43(35-42)52-29-16-28-51(38-17-6-3-7-18-38)58-56(59-52)39-19-8-4-9-20-39/h3-15,17-28,30-37,52H,16,29H2,1-2H3,(H,58,59)/b51-28-. The van der Waals surface area contributed by atoms with Crippen LogP contribution in [0.4, 0.5) is 0 Å². The second kappa shape index (κ2) is 14.5. The van der Waals surface area contributed by atoms with E-state index in [1.54, 1.807) is 0 Å². The van der Waals surface area contributed by atoms with Crippen molar-refractivity contribution in [3.05, 3.63) is 228 Å². The molecule has 1 unspecified atom stereocenters. The zero-order valence-electron chi connectivity index (χ0n) is 33.9. The number of rotatable bonds is 6. The average Bonchev–Trinajstić information content (AvgIpc) is 3.75. The number of hydrogen-bond acceptors (Lipinski definition) is 2. The molecule has 11 rings (SSSR count). The molecule has 8 aromatic carbocycles. The summed E-state index contributed by atoms with van der Waals surface area (Å²) in [5.74, 6) is 0.889. The summed E-state index contributed by atoms with van der Waals surface area (Å²) in [6, 6.07) is 70.8. The zero-order valence-corrected chi connectivity index (χ0v) is 33.9. The van der Waals surface area contributed by atoms with Gasteiger partial charge in [0.1, 0.15) is 5.84 Å². The number of fused-ring (bicyclic) bond motifs is 6. The van der Waals surface area contributed by atoms with E-state index in [2.05, 4.69) is 224 Å². The molecule has 1 aliphatic carbocycles. The lowest BCUT2D eigenvalue weighted by molar-refractivity contribution is 0.657. The Morgan fingerprint density at radius 2 is 1.17 bits per heavy atom. The number of nitrogens with one attached hydrogen (secondary N) is 1. The van der Waals surface area contributed by atoms with Crippen molar-refractivity contribution in [1.29, 1.82) is 0 Å². The average molecular weight is 772 g/mol. The number of para-hydroxylation sites is 1. The van der Waals surface area contributed by atoms with Crippen molar-refractivity contribution in [3.63, 3.8) is 0 Å². The lowest BCUT2D eigenvalue weighted by Gasteiger charge is -2.22. The summed E-state index contributed by atoms with van der Waals surface area (Å²) in [6.07, 6.45) is 4.15. The summed E-state index contributed by atoms with van der Waals surface area (Å²) in [6.45, 7) is 4.69. The van der Waals surface area contributed by atoms with Crippen LogP contribution >= 0.6 is 0 Å². The molecule has 0 bridgehead atoms. The molecule has 0 fully saturated rings. The van der Waals surface area contributed by atoms with Crippen molar-refractivity contribution >= 4 is 33.3 Å². The Balaban J connectivity index is 1.05. The van der Waals surface area contributed by atoms with Gasteiger partial charge in [-0.2, -0.15) is 0 Å². The highest BCUT2D eigenvalue weighted by Crippen LogP contribution is 2.50. The minimum absolute atomic E-state index is 0.0207. The smallest absolute Gasteiger partial charge is 0.133 e. The minimum atomic E-state index is -0.0241. The second-order valence-electron chi connectivity index (χ2n) is 16.7. The highest BCUT2D eigenvalue weighted by Gasteiger charge is 2.35. The van der Waals surface area contributed by atoms with Crippen LogP contribution in [0, 0.1) is 0 Å². The molecule has 9 aromatic rings. The molecule has 2 heterocycles. The molecule has 0 amide bonds. The van der Waals surface area contributed by atoms with Crippen molar-refractivity contribution in [2.24, 2.45) is 4.99 Å². The lowest BCUT2D eigenvalue weighted by Crippen LogP contribution is -2.25. The highest BCUT2D eigenvalue weighted by atomic mass is 15.0. The van der Waals surface area contributed by atoms with Gasteiger partial charge >= 0.3 is 0 Å². The van der Waals surface area contributed by atoms with Gasteiger partial charge in [-0.25, -0.2) is 0 Å². The van der Waals surface area contributed by atoms with Crippen molar-refractivity contribution in [2.45, 2.75) is 38.1 Å². The van der Waals surface area contributed by atoms with Crippen LogP contribution in [0.3, 0.4) is 0 Å². The van der Waals surface area contributed by atoms with Gasteiger partial charge in [-0.3, -0.25) is 4.99 Å². The summed E-state index contributed by atoms with van der Waals surface area (Å²) in [7, 11) is 0. The van der Waals surface area contributed by atoms with Gasteiger partial charge in [-0.05, 0) is 111 Å². The number of benzene rings is 8. The molecular formula is C57H45N3. The normalized spacial score (nSPS) is 16.5. The third kappa shape index (κ3) is 6.08. The van der Waals surface area contributed by atoms with E-state index >= 15 is 0 Å². The molecule has 0 saturated heterocycles. The predicted molar refractivity (Wildman–Crippen MR) is 252 cm³/mol. The number of aliphatic imine (C=N–C) groups is 1. The van der Waals surface area contributed by atoms with E-state index in [-0.39, 0.29) is 11.5 Å². The van der Waals surface area contributed by atoms with Gasteiger partial charge in [0.05, 0.1) is 17.1 Å². The maximum Gasteiger partial charge on any atom is 0.133 e. The van der Waals surface area contributed by atoms with Crippen molar-refractivity contribution < 1.29 is 0 Å². The number of nitrogens with zero attached hydrogens (tertiary/aromatic N) is 2. The van der Waals surface area contributed by atoms with Crippen LogP contribution < -0.4 is 5.32 Å². The number of amidine groups is 1. The third-order valence-corrected chi connectivity index (χ3v) is 12.8. The van der Waals surface area contributed by atoms with Gasteiger partial charge in [-0.1, -0.05) is 172 Å². The number of allylic oxidation sites excluding steroid dienone is 1. The fraction of sp³-hybridized carbons (Fsp3) is 0.105. The van der Waals surface area contributed by atoms with E-state index in [0.717, 1.165) is 41.2 Å². The highest BCUT2D eigenvalue weighted by molar-refractivity contribution is 6.16. The summed E-state index contributed by atoms with van der Waals surface area (Å²) < 4.78 is 2.43. The molecule has 2 aliphatic rings. The predicted octanol–water partition coefficient (Wildman–Crippen LogP) is 14.3. The maximum atomic E-state index is 5.50. The summed E-state index contributed by atoms with van der Waals surface area (Å²) in [5.41, 5.74) is 18.4. The lowest BCUT2D eigenvalue weighted by atomic mass is 9.82. The topological polar surface area (TPSA) is 29.3 Å². The van der Waals surface area contributed by atoms with Crippen LogP contribution in [-0.4, -0.2) is 10.4 Å². The molecule has 1 aliphatic heterocycles. The second-order valence-corrected chi connectivity index (χ2v) is 16.7. The summed E-state index contributed by atoms with van der Waals surface area (Å²) in [5, 5.41) is 6.24. The summed E-state index contributed by atoms with van der Waals surface area (Å²) >= 11 is 0. The number of hydrogen-bond donors (Lipinski definition) is 1. The minimum Gasteiger partial charge on any atom is -0.340 e. The van der Waals surface area contributed by atoms with E-state index in [1.165, 1.54) is 71.9 Å². The van der Waals surface area contributed by atoms with E-state index in [9.17, 15) is 0 Å². The van der Waals surface area contributed by atoms with Crippen LogP contribution in [0.2, 0.25) is 0 Å². The Morgan fingerprint density at radius 3 is 1.98 bits per heavy atom. The summed E-state index contributed by atoms with van der Waals surface area (Å²) in [4.78, 5) is 5.50. The van der Waals surface area contributed by atoms with Gasteiger partial charge < -0.3 is 9.88 Å². The Bertz CT molecular complexity index is 3130. The van der Waals surface area contributed by atoms with Crippen LogP contribution in [0.25, 0.3) is 66.6 Å². The molecular weight excluding hydrogens is 727 g/mol. The molecule has 3 heteroatoms. The molecule has 1 aromatic heterocycles. The zero-order chi connectivity index (χ0) is 40.2. The Kier molecular flexibility index (Phi) is 8.70. The van der Waals surface area contributed by atoms with Gasteiger partial charge in [0, 0.05) is 33.1 Å². The molecule has 60 heavy (non-hydrogen) atoms. The quantitative estimate of drug-likeness (QED) is 0.179. The first-order chi connectivity index (χ1) is 29.5. The van der Waals surface area contributed by atoms with E-state index in [0.29, 0.717) is 0 Å². The Hall–Kier alpha value is -7.23. The SMILES string of the molecule is CC1(C)c2ccccc2-c2cc(-c3ccc4c(c3)c3c(-c5cccc(C6CC/C=C(/c7ccccc7)NC(c7ccccc7)=N6)c5)cccc3n4-c3ccccc3)ccc21. The fourth-order valence-corrected chi connectivity index (χ4v) is 9.77. The Morgan fingerprint density at radius 1 is 0.517 bits per heavy atom. The van der Waals surface area contributed by atoms with E-state index in [4.69, 9.17) is 4.99 Å². The first kappa shape index (κ1) is 35.9. The largest absolute Gasteiger partial charge is 0.340 e. The van der Waals surface area contributed by atoms with Crippen molar-refractivity contribution in [3.8, 4) is 39.1 Å². The fourth-order valence-electron chi connectivity index (χ4n) is 9.77. The van der Waals surface area contributed by atoms with E-state index in [1.807, 2.05) is 0 Å². The number of aromatic nitrogens is 1. The van der Waals surface area contributed by atoms with Gasteiger partial charge in [0.25, 0.3) is 0 Å². The maximum absolute atomic E-state index is 5.50. The van der Waals surface area contributed by atoms with Gasteiger partial charge in [0.2, 0.25) is 0 Å². The molecule has 288 valence electrons. The van der Waals surface area contributed by atoms with Crippen LogP contribution in [0.1, 0.15) is 60.5 Å². The van der Waals surface area contributed by atoms with Crippen molar-refractivity contribution in [1.82, 2.24) is 9.88 Å².